The van der Waals surface area contributed by atoms with E-state index < -0.39 is 0 Å². The van der Waals surface area contributed by atoms with E-state index in [0.717, 1.165) is 24.1 Å². The van der Waals surface area contributed by atoms with Gasteiger partial charge in [-0.2, -0.15) is 0 Å². The lowest BCUT2D eigenvalue weighted by molar-refractivity contribution is 0.248. The van der Waals surface area contributed by atoms with Gasteiger partial charge < -0.3 is 10.6 Å². The molecule has 2 rings (SSSR count). The van der Waals surface area contributed by atoms with E-state index >= 15 is 0 Å². The van der Waals surface area contributed by atoms with E-state index in [2.05, 4.69) is 10.6 Å². The minimum atomic E-state index is -0.0856. The molecule has 1 aliphatic rings. The zero-order chi connectivity index (χ0) is 15.4. The van der Waals surface area contributed by atoms with Crippen molar-refractivity contribution in [2.24, 2.45) is 0 Å². The van der Waals surface area contributed by atoms with E-state index in [1.807, 2.05) is 58.9 Å². The van der Waals surface area contributed by atoms with Gasteiger partial charge in [0.1, 0.15) is 0 Å². The molecule has 114 valence electrons. The van der Waals surface area contributed by atoms with Crippen LogP contribution in [0.25, 0.3) is 0 Å². The molecule has 3 heteroatoms. The predicted octanol–water partition coefficient (Wildman–Crippen LogP) is 5.11. The molecule has 2 N–H and O–H groups in total. The third kappa shape index (κ3) is 7.17. The minimum Gasteiger partial charge on any atom is -0.335 e. The lowest BCUT2D eigenvalue weighted by Crippen LogP contribution is -2.36. The van der Waals surface area contributed by atoms with Gasteiger partial charge in [-0.3, -0.25) is 0 Å². The first-order valence-corrected chi connectivity index (χ1v) is 7.88. The van der Waals surface area contributed by atoms with Crippen molar-refractivity contribution in [3.05, 3.63) is 29.8 Å². The molecule has 0 atom stereocenters. The maximum Gasteiger partial charge on any atom is 0.319 e. The van der Waals surface area contributed by atoms with E-state index in [1.165, 1.54) is 12.8 Å². The highest BCUT2D eigenvalue weighted by Gasteiger charge is 2.16. The number of urea groups is 1. The van der Waals surface area contributed by atoms with Gasteiger partial charge in [0.2, 0.25) is 0 Å². The Morgan fingerprint density at radius 2 is 1.70 bits per heavy atom. The van der Waals surface area contributed by atoms with Crippen molar-refractivity contribution >= 4 is 11.7 Å². The molecule has 0 heterocycles. The first-order chi connectivity index (χ1) is 9.74. The van der Waals surface area contributed by atoms with Crippen LogP contribution in [0.5, 0.6) is 0 Å². The van der Waals surface area contributed by atoms with Gasteiger partial charge in [0.05, 0.1) is 0 Å². The van der Waals surface area contributed by atoms with Gasteiger partial charge in [-0.25, -0.2) is 4.79 Å². The number of amides is 2. The SMILES string of the molecule is CC.CC.Cc1cccc(NC(=O)NC2CCCC2)c1. The lowest BCUT2D eigenvalue weighted by atomic mass is 10.2. The summed E-state index contributed by atoms with van der Waals surface area (Å²) >= 11 is 0. The molecule has 0 radical (unpaired) electrons. The molecular formula is C17H30N2O. The monoisotopic (exact) mass is 278 g/mol. The average molecular weight is 278 g/mol. The quantitative estimate of drug-likeness (QED) is 0.775. The second-order valence-electron chi connectivity index (χ2n) is 4.45. The van der Waals surface area contributed by atoms with Crippen LogP contribution < -0.4 is 10.6 Å². The van der Waals surface area contributed by atoms with E-state index in [4.69, 9.17) is 0 Å². The van der Waals surface area contributed by atoms with Crippen LogP contribution in [0.4, 0.5) is 10.5 Å². The molecule has 0 unspecified atom stereocenters. The van der Waals surface area contributed by atoms with Gasteiger partial charge in [0.15, 0.2) is 0 Å². The van der Waals surface area contributed by atoms with Crippen molar-refractivity contribution in [2.45, 2.75) is 66.3 Å². The summed E-state index contributed by atoms with van der Waals surface area (Å²) in [5.41, 5.74) is 2.01. The van der Waals surface area contributed by atoms with E-state index in [9.17, 15) is 4.79 Å². The van der Waals surface area contributed by atoms with Crippen molar-refractivity contribution < 1.29 is 4.79 Å². The summed E-state index contributed by atoms with van der Waals surface area (Å²) in [4.78, 5) is 11.7. The summed E-state index contributed by atoms with van der Waals surface area (Å²) in [7, 11) is 0. The largest absolute Gasteiger partial charge is 0.335 e. The molecule has 2 amide bonds. The Hall–Kier alpha value is -1.51. The molecular weight excluding hydrogens is 248 g/mol. The van der Waals surface area contributed by atoms with Crippen molar-refractivity contribution in [1.29, 1.82) is 0 Å². The summed E-state index contributed by atoms with van der Waals surface area (Å²) in [5, 5.41) is 5.86. The summed E-state index contributed by atoms with van der Waals surface area (Å²) in [6, 6.07) is 8.11. The molecule has 1 fully saturated rings. The number of carbonyl (C=O) groups is 1. The van der Waals surface area contributed by atoms with Gasteiger partial charge in [-0.05, 0) is 37.5 Å². The van der Waals surface area contributed by atoms with Gasteiger partial charge in [-0.1, -0.05) is 52.7 Å². The van der Waals surface area contributed by atoms with Gasteiger partial charge in [0, 0.05) is 11.7 Å². The molecule has 0 spiro atoms. The Bertz CT molecular complexity index is 371. The van der Waals surface area contributed by atoms with Crippen molar-refractivity contribution in [1.82, 2.24) is 5.32 Å². The number of rotatable bonds is 2. The van der Waals surface area contributed by atoms with Crippen LogP contribution in [0.2, 0.25) is 0 Å². The average Bonchev–Trinajstić information content (AvgIpc) is 2.96. The first-order valence-electron chi connectivity index (χ1n) is 7.88. The fourth-order valence-corrected chi connectivity index (χ4v) is 2.15. The predicted molar refractivity (Wildman–Crippen MR) is 88.3 cm³/mol. The highest BCUT2D eigenvalue weighted by Crippen LogP contribution is 2.17. The standard InChI is InChI=1S/C13H18N2O.2C2H6/c1-10-5-4-8-12(9-10)15-13(16)14-11-6-2-3-7-11;2*1-2/h4-5,8-9,11H,2-3,6-7H2,1H3,(H2,14,15,16);2*1-2H3. The second kappa shape index (κ2) is 11.3. The van der Waals surface area contributed by atoms with Crippen LogP contribution in [0.1, 0.15) is 58.9 Å². The van der Waals surface area contributed by atoms with Crippen molar-refractivity contribution in [2.75, 3.05) is 5.32 Å². The summed E-state index contributed by atoms with van der Waals surface area (Å²) in [6.07, 6.45) is 4.69. The smallest absolute Gasteiger partial charge is 0.319 e. The Kier molecular flexibility index (Phi) is 10.5. The fraction of sp³-hybridized carbons (Fsp3) is 0.588. The number of hydrogen-bond donors (Lipinski definition) is 2. The first kappa shape index (κ1) is 18.5. The van der Waals surface area contributed by atoms with Crippen LogP contribution in [0, 0.1) is 6.92 Å². The third-order valence-electron chi connectivity index (χ3n) is 2.97. The Balaban J connectivity index is 0.000000829. The Morgan fingerprint density at radius 1 is 1.10 bits per heavy atom. The number of anilines is 1. The molecule has 1 aliphatic carbocycles. The molecule has 0 aliphatic heterocycles. The summed E-state index contributed by atoms with van der Waals surface area (Å²) < 4.78 is 0. The van der Waals surface area contributed by atoms with Crippen LogP contribution in [-0.2, 0) is 0 Å². The molecule has 1 aromatic carbocycles. The molecule has 0 aromatic heterocycles. The highest BCUT2D eigenvalue weighted by atomic mass is 16.2. The van der Waals surface area contributed by atoms with E-state index in [-0.39, 0.29) is 6.03 Å². The molecule has 3 nitrogen and oxygen atoms in total. The highest BCUT2D eigenvalue weighted by molar-refractivity contribution is 5.89. The fourth-order valence-electron chi connectivity index (χ4n) is 2.15. The second-order valence-corrected chi connectivity index (χ2v) is 4.45. The minimum absolute atomic E-state index is 0.0856. The van der Waals surface area contributed by atoms with Gasteiger partial charge in [-0.15, -0.1) is 0 Å². The van der Waals surface area contributed by atoms with Crippen LogP contribution in [-0.4, -0.2) is 12.1 Å². The Labute approximate surface area is 124 Å². The zero-order valence-electron chi connectivity index (χ0n) is 13.6. The maximum atomic E-state index is 11.7. The van der Waals surface area contributed by atoms with Crippen LogP contribution >= 0.6 is 0 Å². The zero-order valence-corrected chi connectivity index (χ0v) is 13.6. The van der Waals surface area contributed by atoms with E-state index in [0.29, 0.717) is 6.04 Å². The molecule has 20 heavy (non-hydrogen) atoms. The molecule has 1 aromatic rings. The molecule has 1 saturated carbocycles. The van der Waals surface area contributed by atoms with Crippen LogP contribution in [0.3, 0.4) is 0 Å². The van der Waals surface area contributed by atoms with Crippen molar-refractivity contribution in [3.8, 4) is 0 Å². The summed E-state index contributed by atoms with van der Waals surface area (Å²) in [5.74, 6) is 0. The third-order valence-corrected chi connectivity index (χ3v) is 2.97. The van der Waals surface area contributed by atoms with Crippen LogP contribution in [0.15, 0.2) is 24.3 Å². The number of hydrogen-bond acceptors (Lipinski definition) is 1. The van der Waals surface area contributed by atoms with Gasteiger partial charge >= 0.3 is 6.03 Å². The lowest BCUT2D eigenvalue weighted by Gasteiger charge is -2.13. The molecule has 0 bridgehead atoms. The Morgan fingerprint density at radius 3 is 2.25 bits per heavy atom. The summed E-state index contributed by atoms with van der Waals surface area (Å²) in [6.45, 7) is 10.0. The number of aryl methyl sites for hydroxylation is 1. The molecule has 0 saturated heterocycles. The topological polar surface area (TPSA) is 41.1 Å². The maximum absolute atomic E-state index is 11.7. The number of nitrogens with one attached hydrogen (secondary N) is 2. The normalized spacial score (nSPS) is 13.4. The van der Waals surface area contributed by atoms with E-state index in [1.54, 1.807) is 0 Å². The van der Waals surface area contributed by atoms with Crippen molar-refractivity contribution in [3.63, 3.8) is 0 Å². The van der Waals surface area contributed by atoms with Gasteiger partial charge in [0.25, 0.3) is 0 Å². The number of benzene rings is 1. The number of carbonyl (C=O) groups excluding carboxylic acids is 1.